The van der Waals surface area contributed by atoms with Crippen molar-refractivity contribution in [2.24, 2.45) is 0 Å². The third kappa shape index (κ3) is 4.43. The number of para-hydroxylation sites is 1. The summed E-state index contributed by atoms with van der Waals surface area (Å²) in [5.74, 6) is 0. The van der Waals surface area contributed by atoms with Crippen LogP contribution in [-0.4, -0.2) is 33.6 Å². The molecular formula is C13H18N2O2. The summed E-state index contributed by atoms with van der Waals surface area (Å²) in [6.45, 7) is 1.28. The van der Waals surface area contributed by atoms with E-state index in [1.165, 1.54) is 0 Å². The maximum atomic E-state index is 8.67. The largest absolute Gasteiger partial charge is 0.365 e. The van der Waals surface area contributed by atoms with Gasteiger partial charge in [0.15, 0.2) is 6.29 Å². The average molecular weight is 234 g/mol. The van der Waals surface area contributed by atoms with Crippen LogP contribution in [0, 0.1) is 11.3 Å². The van der Waals surface area contributed by atoms with Crippen LogP contribution in [0.2, 0.25) is 0 Å². The Morgan fingerprint density at radius 1 is 1.24 bits per heavy atom. The Bertz CT molecular complexity index is 344. The van der Waals surface area contributed by atoms with E-state index in [2.05, 4.69) is 11.0 Å². The number of hydrogen-bond donors (Lipinski definition) is 0. The van der Waals surface area contributed by atoms with Crippen LogP contribution in [0.25, 0.3) is 0 Å². The molecule has 0 bridgehead atoms. The van der Waals surface area contributed by atoms with Crippen LogP contribution in [0.15, 0.2) is 30.3 Å². The van der Waals surface area contributed by atoms with Crippen LogP contribution in [0.3, 0.4) is 0 Å². The minimum Gasteiger partial charge on any atom is -0.365 e. The number of ether oxygens (including phenoxy) is 2. The Kier molecular flexibility index (Phi) is 6.08. The Labute approximate surface area is 102 Å². The number of methoxy groups -OCH3 is 2. The quantitative estimate of drug-likeness (QED) is 0.677. The molecule has 1 aromatic rings. The van der Waals surface area contributed by atoms with Crippen molar-refractivity contribution in [1.82, 2.24) is 0 Å². The number of hydrogen-bond acceptors (Lipinski definition) is 4. The van der Waals surface area contributed by atoms with E-state index in [-0.39, 0.29) is 6.29 Å². The van der Waals surface area contributed by atoms with Crippen molar-refractivity contribution < 1.29 is 9.47 Å². The monoisotopic (exact) mass is 234 g/mol. The summed E-state index contributed by atoms with van der Waals surface area (Å²) in [4.78, 5) is 2.08. The Balaban J connectivity index is 2.70. The molecule has 0 heterocycles. The molecule has 0 aromatic heterocycles. The first kappa shape index (κ1) is 13.5. The fraction of sp³-hybridized carbons (Fsp3) is 0.462. The van der Waals surface area contributed by atoms with Crippen molar-refractivity contribution >= 4 is 5.69 Å². The molecule has 92 valence electrons. The molecule has 0 fully saturated rings. The smallest absolute Gasteiger partial charge is 0.174 e. The number of rotatable bonds is 7. The molecule has 0 unspecified atom stereocenters. The molecule has 0 saturated heterocycles. The second-order valence-corrected chi connectivity index (χ2v) is 3.59. The van der Waals surface area contributed by atoms with Gasteiger partial charge in [0.25, 0.3) is 0 Å². The van der Waals surface area contributed by atoms with Crippen molar-refractivity contribution in [1.29, 1.82) is 5.26 Å². The van der Waals surface area contributed by atoms with E-state index in [0.29, 0.717) is 19.5 Å². The number of nitrogens with zero attached hydrogens (tertiary/aromatic N) is 2. The predicted octanol–water partition coefficient (Wildman–Crippen LogP) is 2.03. The molecular weight excluding hydrogens is 216 g/mol. The van der Waals surface area contributed by atoms with Crippen LogP contribution in [-0.2, 0) is 9.47 Å². The molecule has 0 atom stereocenters. The van der Waals surface area contributed by atoms with Gasteiger partial charge in [0, 0.05) is 26.5 Å². The summed E-state index contributed by atoms with van der Waals surface area (Å²) >= 11 is 0. The van der Waals surface area contributed by atoms with Crippen molar-refractivity contribution in [3.63, 3.8) is 0 Å². The first-order valence-corrected chi connectivity index (χ1v) is 5.54. The number of nitriles is 1. The molecule has 0 aliphatic carbocycles. The van der Waals surface area contributed by atoms with Crippen molar-refractivity contribution in [3.8, 4) is 6.07 Å². The van der Waals surface area contributed by atoms with Crippen LogP contribution >= 0.6 is 0 Å². The maximum absolute atomic E-state index is 8.67. The fourth-order valence-electron chi connectivity index (χ4n) is 1.57. The lowest BCUT2D eigenvalue weighted by Crippen LogP contribution is -2.35. The van der Waals surface area contributed by atoms with Crippen LogP contribution in [0.1, 0.15) is 6.42 Å². The third-order valence-electron chi connectivity index (χ3n) is 2.51. The molecule has 0 aliphatic heterocycles. The van der Waals surface area contributed by atoms with Gasteiger partial charge < -0.3 is 14.4 Å². The van der Waals surface area contributed by atoms with E-state index in [4.69, 9.17) is 14.7 Å². The van der Waals surface area contributed by atoms with E-state index in [1.807, 2.05) is 30.3 Å². The molecule has 1 aromatic carbocycles. The fourth-order valence-corrected chi connectivity index (χ4v) is 1.57. The highest BCUT2D eigenvalue weighted by atomic mass is 16.7. The lowest BCUT2D eigenvalue weighted by atomic mass is 10.2. The standard InChI is InChI=1S/C13H18N2O2/c1-16-13(17-2)11-15(10-6-9-14)12-7-4-3-5-8-12/h3-5,7-8,13H,6,10-11H2,1-2H3. The number of benzene rings is 1. The normalized spacial score (nSPS) is 10.2. The first-order chi connectivity index (χ1) is 8.31. The average Bonchev–Trinajstić information content (AvgIpc) is 2.40. The summed E-state index contributed by atoms with van der Waals surface area (Å²) in [6.07, 6.45) is 0.198. The molecule has 17 heavy (non-hydrogen) atoms. The third-order valence-corrected chi connectivity index (χ3v) is 2.51. The van der Waals surface area contributed by atoms with E-state index in [1.54, 1.807) is 14.2 Å². The van der Waals surface area contributed by atoms with Crippen molar-refractivity contribution in [2.75, 3.05) is 32.2 Å². The minimum atomic E-state index is -0.283. The molecule has 0 aliphatic rings. The van der Waals surface area contributed by atoms with Crippen molar-refractivity contribution in [2.45, 2.75) is 12.7 Å². The number of anilines is 1. The molecule has 0 saturated carbocycles. The van der Waals surface area contributed by atoms with Gasteiger partial charge in [-0.1, -0.05) is 18.2 Å². The zero-order chi connectivity index (χ0) is 12.5. The minimum absolute atomic E-state index is 0.283. The molecule has 4 heteroatoms. The summed E-state index contributed by atoms with van der Waals surface area (Å²) in [6, 6.07) is 12.1. The summed E-state index contributed by atoms with van der Waals surface area (Å²) in [7, 11) is 3.23. The van der Waals surface area contributed by atoms with Gasteiger partial charge >= 0.3 is 0 Å². The van der Waals surface area contributed by atoms with Gasteiger partial charge in [-0.05, 0) is 12.1 Å². The zero-order valence-corrected chi connectivity index (χ0v) is 10.3. The SMILES string of the molecule is COC(CN(CCC#N)c1ccccc1)OC. The lowest BCUT2D eigenvalue weighted by Gasteiger charge is -2.27. The topological polar surface area (TPSA) is 45.5 Å². The highest BCUT2D eigenvalue weighted by Crippen LogP contribution is 2.14. The molecule has 0 N–H and O–H groups in total. The molecule has 0 spiro atoms. The molecule has 4 nitrogen and oxygen atoms in total. The van der Waals surface area contributed by atoms with Crippen molar-refractivity contribution in [3.05, 3.63) is 30.3 Å². The molecule has 0 radical (unpaired) electrons. The molecule has 1 rings (SSSR count). The zero-order valence-electron chi connectivity index (χ0n) is 10.3. The van der Waals surface area contributed by atoms with Gasteiger partial charge in [-0.3, -0.25) is 0 Å². The Hall–Kier alpha value is -1.57. The van der Waals surface area contributed by atoms with E-state index in [9.17, 15) is 0 Å². The van der Waals surface area contributed by atoms with Gasteiger partial charge in [0.05, 0.1) is 19.0 Å². The highest BCUT2D eigenvalue weighted by Gasteiger charge is 2.12. The van der Waals surface area contributed by atoms with Gasteiger partial charge in [0.1, 0.15) is 0 Å². The second-order valence-electron chi connectivity index (χ2n) is 3.59. The van der Waals surface area contributed by atoms with Crippen LogP contribution < -0.4 is 4.90 Å². The first-order valence-electron chi connectivity index (χ1n) is 5.54. The van der Waals surface area contributed by atoms with Gasteiger partial charge in [-0.2, -0.15) is 5.26 Å². The lowest BCUT2D eigenvalue weighted by molar-refractivity contribution is -0.0948. The van der Waals surface area contributed by atoms with E-state index in [0.717, 1.165) is 5.69 Å². The van der Waals surface area contributed by atoms with Gasteiger partial charge in [-0.15, -0.1) is 0 Å². The van der Waals surface area contributed by atoms with E-state index < -0.39 is 0 Å². The highest BCUT2D eigenvalue weighted by molar-refractivity contribution is 5.46. The van der Waals surface area contributed by atoms with Crippen LogP contribution in [0.4, 0.5) is 5.69 Å². The van der Waals surface area contributed by atoms with Gasteiger partial charge in [0.2, 0.25) is 0 Å². The van der Waals surface area contributed by atoms with Crippen LogP contribution in [0.5, 0.6) is 0 Å². The predicted molar refractivity (Wildman–Crippen MR) is 66.7 cm³/mol. The second kappa shape index (κ2) is 7.66. The summed E-state index contributed by atoms with van der Waals surface area (Å²) in [5.41, 5.74) is 1.07. The van der Waals surface area contributed by atoms with E-state index >= 15 is 0 Å². The summed E-state index contributed by atoms with van der Waals surface area (Å²) in [5, 5.41) is 8.67. The molecule has 0 amide bonds. The Morgan fingerprint density at radius 3 is 2.41 bits per heavy atom. The summed E-state index contributed by atoms with van der Waals surface area (Å²) < 4.78 is 10.4. The van der Waals surface area contributed by atoms with Gasteiger partial charge in [-0.25, -0.2) is 0 Å². The Morgan fingerprint density at radius 2 is 1.88 bits per heavy atom. The maximum Gasteiger partial charge on any atom is 0.174 e.